The molecule has 1 nitrogen and oxygen atoms in total. The summed E-state index contributed by atoms with van der Waals surface area (Å²) in [5.74, 6) is 3.01. The van der Waals surface area contributed by atoms with Crippen LogP contribution in [0.3, 0.4) is 0 Å². The number of alkyl halides is 1. The van der Waals surface area contributed by atoms with E-state index in [0.29, 0.717) is 5.41 Å². The second-order valence-electron chi connectivity index (χ2n) is 6.34. The molecule has 104 valence electrons. The summed E-state index contributed by atoms with van der Waals surface area (Å²) < 4.78 is 5.82. The minimum Gasteiger partial charge on any atom is -0.494 e. The number of benzene rings is 1. The van der Waals surface area contributed by atoms with Crippen LogP contribution in [0.2, 0.25) is 0 Å². The van der Waals surface area contributed by atoms with E-state index in [1.165, 1.54) is 43.9 Å². The van der Waals surface area contributed by atoms with E-state index >= 15 is 0 Å². The van der Waals surface area contributed by atoms with E-state index in [1.54, 1.807) is 0 Å². The summed E-state index contributed by atoms with van der Waals surface area (Å²) in [6.45, 7) is 0.857. The lowest BCUT2D eigenvalue weighted by Crippen LogP contribution is -2.30. The van der Waals surface area contributed by atoms with E-state index in [-0.39, 0.29) is 0 Å². The highest BCUT2D eigenvalue weighted by molar-refractivity contribution is 9.09. The van der Waals surface area contributed by atoms with Crippen molar-refractivity contribution in [1.29, 1.82) is 0 Å². The average Bonchev–Trinajstić information content (AvgIpc) is 3.06. The number of hydrogen-bond acceptors (Lipinski definition) is 1. The molecular weight excluding hydrogens is 300 g/mol. The Labute approximate surface area is 124 Å². The third-order valence-electron chi connectivity index (χ3n) is 5.20. The summed E-state index contributed by atoms with van der Waals surface area (Å²) in [5.41, 5.74) is 0.586. The molecule has 3 unspecified atom stereocenters. The topological polar surface area (TPSA) is 9.23 Å². The molecule has 0 saturated heterocycles. The minimum atomic E-state index is 0.586. The Bertz CT molecular complexity index is 405. The summed E-state index contributed by atoms with van der Waals surface area (Å²) in [6.07, 6.45) is 8.41. The van der Waals surface area contributed by atoms with Crippen LogP contribution in [-0.2, 0) is 0 Å². The molecule has 1 aromatic carbocycles. The SMILES string of the molecule is BrCC1(CCCOc2ccccc2)CC2CCC1C2. The van der Waals surface area contributed by atoms with E-state index in [1.807, 2.05) is 30.3 Å². The van der Waals surface area contributed by atoms with Gasteiger partial charge in [-0.05, 0) is 61.5 Å². The monoisotopic (exact) mass is 322 g/mol. The summed E-state index contributed by atoms with van der Waals surface area (Å²) in [4.78, 5) is 0. The fourth-order valence-electron chi connectivity index (χ4n) is 4.23. The van der Waals surface area contributed by atoms with Crippen molar-refractivity contribution in [3.05, 3.63) is 30.3 Å². The highest BCUT2D eigenvalue weighted by Crippen LogP contribution is 2.58. The predicted octanol–water partition coefficient (Wildman–Crippen LogP) is 5.05. The first-order valence-electron chi connectivity index (χ1n) is 7.56. The maximum atomic E-state index is 5.82. The fourth-order valence-corrected chi connectivity index (χ4v) is 5.19. The van der Waals surface area contributed by atoms with E-state index in [0.717, 1.165) is 24.2 Å². The number of rotatable bonds is 6. The molecule has 2 aliphatic carbocycles. The molecule has 0 N–H and O–H groups in total. The average molecular weight is 323 g/mol. The first-order valence-corrected chi connectivity index (χ1v) is 8.68. The van der Waals surface area contributed by atoms with Gasteiger partial charge in [-0.2, -0.15) is 0 Å². The molecular formula is C17H23BrO. The maximum absolute atomic E-state index is 5.82. The third-order valence-corrected chi connectivity index (χ3v) is 6.32. The van der Waals surface area contributed by atoms with Gasteiger partial charge in [0.2, 0.25) is 0 Å². The first kappa shape index (κ1) is 13.5. The molecule has 19 heavy (non-hydrogen) atoms. The zero-order valence-corrected chi connectivity index (χ0v) is 13.1. The number of fused-ring (bicyclic) bond motifs is 2. The van der Waals surface area contributed by atoms with Crippen LogP contribution in [-0.4, -0.2) is 11.9 Å². The normalized spacial score (nSPS) is 32.7. The van der Waals surface area contributed by atoms with E-state index in [4.69, 9.17) is 4.74 Å². The molecule has 0 spiro atoms. The Morgan fingerprint density at radius 2 is 2.05 bits per heavy atom. The van der Waals surface area contributed by atoms with Crippen LogP contribution in [0.4, 0.5) is 0 Å². The number of para-hydroxylation sites is 1. The molecule has 3 rings (SSSR count). The van der Waals surface area contributed by atoms with Gasteiger partial charge in [-0.15, -0.1) is 0 Å². The van der Waals surface area contributed by atoms with Crippen LogP contribution in [0.1, 0.15) is 38.5 Å². The summed E-state index contributed by atoms with van der Waals surface area (Å²) in [6, 6.07) is 10.2. The van der Waals surface area contributed by atoms with Gasteiger partial charge in [0.1, 0.15) is 5.75 Å². The van der Waals surface area contributed by atoms with E-state index < -0.39 is 0 Å². The summed E-state index contributed by atoms with van der Waals surface area (Å²) in [7, 11) is 0. The number of hydrogen-bond donors (Lipinski definition) is 0. The molecule has 2 bridgehead atoms. The standard InChI is InChI=1S/C17H23BrO/c18-13-17(12-14-7-8-15(17)11-14)9-4-10-19-16-5-2-1-3-6-16/h1-3,5-6,14-15H,4,7-13H2. The van der Waals surface area contributed by atoms with Crippen molar-refractivity contribution in [3.8, 4) is 5.75 Å². The fraction of sp³-hybridized carbons (Fsp3) is 0.647. The van der Waals surface area contributed by atoms with Gasteiger partial charge in [-0.25, -0.2) is 0 Å². The molecule has 2 heteroatoms. The van der Waals surface area contributed by atoms with E-state index in [9.17, 15) is 0 Å². The Balaban J connectivity index is 1.47. The van der Waals surface area contributed by atoms with Crippen molar-refractivity contribution < 1.29 is 4.74 Å². The van der Waals surface area contributed by atoms with Crippen LogP contribution in [0, 0.1) is 17.3 Å². The number of halogens is 1. The minimum absolute atomic E-state index is 0.586. The second kappa shape index (κ2) is 5.87. The van der Waals surface area contributed by atoms with Crippen LogP contribution in [0.25, 0.3) is 0 Å². The molecule has 3 atom stereocenters. The lowest BCUT2D eigenvalue weighted by atomic mass is 9.72. The lowest BCUT2D eigenvalue weighted by Gasteiger charge is -2.36. The van der Waals surface area contributed by atoms with Gasteiger partial charge in [0.05, 0.1) is 6.61 Å². The Hall–Kier alpha value is -0.500. The zero-order chi connectivity index (χ0) is 13.1. The van der Waals surface area contributed by atoms with Gasteiger partial charge in [0, 0.05) is 5.33 Å². The molecule has 0 aliphatic heterocycles. The Morgan fingerprint density at radius 1 is 1.21 bits per heavy atom. The molecule has 2 fully saturated rings. The molecule has 0 heterocycles. The van der Waals surface area contributed by atoms with Crippen molar-refractivity contribution in [2.45, 2.75) is 38.5 Å². The predicted molar refractivity (Wildman–Crippen MR) is 82.8 cm³/mol. The van der Waals surface area contributed by atoms with Gasteiger partial charge < -0.3 is 4.74 Å². The van der Waals surface area contributed by atoms with Gasteiger partial charge in [-0.3, -0.25) is 0 Å². The van der Waals surface area contributed by atoms with Crippen molar-refractivity contribution in [2.24, 2.45) is 17.3 Å². The molecule has 0 radical (unpaired) electrons. The highest BCUT2D eigenvalue weighted by Gasteiger charge is 2.49. The second-order valence-corrected chi connectivity index (χ2v) is 6.90. The van der Waals surface area contributed by atoms with Gasteiger partial charge in [0.15, 0.2) is 0 Å². The van der Waals surface area contributed by atoms with Crippen molar-refractivity contribution in [2.75, 3.05) is 11.9 Å². The summed E-state index contributed by atoms with van der Waals surface area (Å²) in [5, 5.41) is 1.19. The summed E-state index contributed by atoms with van der Waals surface area (Å²) >= 11 is 3.79. The Kier molecular flexibility index (Phi) is 4.16. The first-order chi connectivity index (χ1) is 9.32. The van der Waals surface area contributed by atoms with Gasteiger partial charge in [0.25, 0.3) is 0 Å². The maximum Gasteiger partial charge on any atom is 0.119 e. The smallest absolute Gasteiger partial charge is 0.119 e. The Morgan fingerprint density at radius 3 is 2.68 bits per heavy atom. The molecule has 2 aliphatic rings. The quantitative estimate of drug-likeness (QED) is 0.526. The van der Waals surface area contributed by atoms with Crippen molar-refractivity contribution in [3.63, 3.8) is 0 Å². The van der Waals surface area contributed by atoms with E-state index in [2.05, 4.69) is 15.9 Å². The third kappa shape index (κ3) is 2.84. The lowest BCUT2D eigenvalue weighted by molar-refractivity contribution is 0.163. The van der Waals surface area contributed by atoms with Gasteiger partial charge in [-0.1, -0.05) is 40.5 Å². The van der Waals surface area contributed by atoms with Crippen LogP contribution in [0.5, 0.6) is 5.75 Å². The van der Waals surface area contributed by atoms with Crippen molar-refractivity contribution in [1.82, 2.24) is 0 Å². The number of ether oxygens (including phenoxy) is 1. The van der Waals surface area contributed by atoms with Crippen LogP contribution < -0.4 is 4.74 Å². The molecule has 1 aromatic rings. The van der Waals surface area contributed by atoms with Crippen LogP contribution in [0.15, 0.2) is 30.3 Å². The highest BCUT2D eigenvalue weighted by atomic mass is 79.9. The molecule has 2 saturated carbocycles. The molecule has 0 amide bonds. The molecule has 0 aromatic heterocycles. The zero-order valence-electron chi connectivity index (χ0n) is 11.5. The largest absolute Gasteiger partial charge is 0.494 e. The van der Waals surface area contributed by atoms with Gasteiger partial charge >= 0.3 is 0 Å². The van der Waals surface area contributed by atoms with Crippen LogP contribution >= 0.6 is 15.9 Å². The van der Waals surface area contributed by atoms with Crippen molar-refractivity contribution >= 4 is 15.9 Å².